The Labute approximate surface area is 156 Å². The third-order valence-electron chi connectivity index (χ3n) is 4.22. The average Bonchev–Trinajstić information content (AvgIpc) is 3.12. The molecule has 0 radical (unpaired) electrons. The van der Waals surface area contributed by atoms with Crippen LogP contribution in [0.15, 0.2) is 53.4 Å². The van der Waals surface area contributed by atoms with E-state index in [9.17, 15) is 17.6 Å². The minimum atomic E-state index is -3.84. The summed E-state index contributed by atoms with van der Waals surface area (Å²) in [7, 11) is -3.84. The molecule has 8 heteroatoms. The summed E-state index contributed by atoms with van der Waals surface area (Å²) < 4.78 is 45.5. The molecule has 0 N–H and O–H groups in total. The highest BCUT2D eigenvalue weighted by Crippen LogP contribution is 2.27. The van der Waals surface area contributed by atoms with E-state index in [-0.39, 0.29) is 23.6 Å². The molecule has 1 aliphatic heterocycles. The number of sulfonamides is 1. The van der Waals surface area contributed by atoms with E-state index in [1.54, 1.807) is 6.07 Å². The van der Waals surface area contributed by atoms with Crippen LogP contribution in [0.4, 0.5) is 4.39 Å². The summed E-state index contributed by atoms with van der Waals surface area (Å²) in [6.07, 6.45) is 0.912. The largest absolute Gasteiger partial charge is 0.460 e. The maximum atomic E-state index is 13.6. The molecule has 0 spiro atoms. The Morgan fingerprint density at radius 3 is 2.58 bits per heavy atom. The molecule has 26 heavy (non-hydrogen) atoms. The molecule has 2 aromatic carbocycles. The van der Waals surface area contributed by atoms with E-state index in [0.717, 1.165) is 4.31 Å². The van der Waals surface area contributed by atoms with Crippen LogP contribution in [0.3, 0.4) is 0 Å². The quantitative estimate of drug-likeness (QED) is 0.725. The van der Waals surface area contributed by atoms with Gasteiger partial charge in [0.2, 0.25) is 10.0 Å². The number of halogens is 2. The molecule has 0 bridgehead atoms. The smallest absolute Gasteiger partial charge is 0.324 e. The summed E-state index contributed by atoms with van der Waals surface area (Å²) in [5.74, 6) is -1.15. The first kappa shape index (κ1) is 18.8. The zero-order valence-electron chi connectivity index (χ0n) is 13.8. The van der Waals surface area contributed by atoms with Gasteiger partial charge in [0, 0.05) is 17.1 Å². The van der Waals surface area contributed by atoms with E-state index in [1.807, 2.05) is 0 Å². The number of hydrogen-bond donors (Lipinski definition) is 0. The fourth-order valence-corrected chi connectivity index (χ4v) is 4.64. The van der Waals surface area contributed by atoms with Crippen molar-refractivity contribution in [3.63, 3.8) is 0 Å². The molecule has 3 rings (SSSR count). The van der Waals surface area contributed by atoms with E-state index in [1.165, 1.54) is 42.5 Å². The molecular weight excluding hydrogens is 381 g/mol. The molecule has 0 unspecified atom stereocenters. The molecule has 0 saturated carbocycles. The van der Waals surface area contributed by atoms with Gasteiger partial charge >= 0.3 is 5.97 Å². The molecule has 2 aromatic rings. The van der Waals surface area contributed by atoms with Gasteiger partial charge in [-0.1, -0.05) is 29.8 Å². The number of hydrogen-bond acceptors (Lipinski definition) is 4. The first-order chi connectivity index (χ1) is 12.4. The van der Waals surface area contributed by atoms with Crippen molar-refractivity contribution in [3.05, 3.63) is 64.9 Å². The number of carbonyl (C=O) groups excluding carboxylic acids is 1. The highest BCUT2D eigenvalue weighted by atomic mass is 35.5. The second-order valence-electron chi connectivity index (χ2n) is 5.93. The predicted octanol–water partition coefficient (Wildman–Crippen LogP) is 3.38. The second kappa shape index (κ2) is 7.73. The van der Waals surface area contributed by atoms with Crippen LogP contribution in [0.5, 0.6) is 0 Å². The van der Waals surface area contributed by atoms with Crippen LogP contribution < -0.4 is 0 Å². The lowest BCUT2D eigenvalue weighted by Crippen LogP contribution is -2.41. The van der Waals surface area contributed by atoms with Gasteiger partial charge in [0.05, 0.1) is 4.90 Å². The Morgan fingerprint density at radius 2 is 1.88 bits per heavy atom. The minimum absolute atomic E-state index is 0.0655. The summed E-state index contributed by atoms with van der Waals surface area (Å²) >= 11 is 5.80. The Hall–Kier alpha value is -1.96. The predicted molar refractivity (Wildman–Crippen MR) is 94.6 cm³/mol. The summed E-state index contributed by atoms with van der Waals surface area (Å²) in [6.45, 7) is -0.0126. The Balaban J connectivity index is 1.74. The van der Waals surface area contributed by atoms with E-state index >= 15 is 0 Å². The van der Waals surface area contributed by atoms with Crippen molar-refractivity contribution < 1.29 is 22.3 Å². The van der Waals surface area contributed by atoms with Gasteiger partial charge in [0.25, 0.3) is 0 Å². The Kier molecular flexibility index (Phi) is 5.60. The molecule has 0 aromatic heterocycles. The lowest BCUT2D eigenvalue weighted by atomic mass is 10.2. The lowest BCUT2D eigenvalue weighted by molar-refractivity contribution is -0.148. The van der Waals surface area contributed by atoms with Gasteiger partial charge < -0.3 is 4.74 Å². The van der Waals surface area contributed by atoms with Crippen LogP contribution in [0.25, 0.3) is 0 Å². The highest BCUT2D eigenvalue weighted by molar-refractivity contribution is 7.89. The van der Waals surface area contributed by atoms with Crippen LogP contribution in [-0.4, -0.2) is 31.3 Å². The number of nitrogens with zero attached hydrogens (tertiary/aromatic N) is 1. The minimum Gasteiger partial charge on any atom is -0.460 e. The van der Waals surface area contributed by atoms with Crippen LogP contribution in [0, 0.1) is 5.82 Å². The maximum Gasteiger partial charge on any atom is 0.324 e. The van der Waals surface area contributed by atoms with Gasteiger partial charge in [-0.3, -0.25) is 4.79 Å². The van der Waals surface area contributed by atoms with Gasteiger partial charge in [-0.15, -0.1) is 0 Å². The molecular formula is C18H17ClFNO4S. The van der Waals surface area contributed by atoms with Crippen LogP contribution in [0.2, 0.25) is 5.02 Å². The van der Waals surface area contributed by atoms with Gasteiger partial charge in [0.1, 0.15) is 18.5 Å². The maximum absolute atomic E-state index is 13.6. The third-order valence-corrected chi connectivity index (χ3v) is 6.40. The number of ether oxygens (including phenoxy) is 1. The van der Waals surface area contributed by atoms with Crippen molar-refractivity contribution in [1.29, 1.82) is 0 Å². The molecule has 1 saturated heterocycles. The number of rotatable bonds is 5. The van der Waals surface area contributed by atoms with Crippen LogP contribution >= 0.6 is 11.6 Å². The van der Waals surface area contributed by atoms with Crippen LogP contribution in [0.1, 0.15) is 18.4 Å². The SMILES string of the molecule is O=C(OCc1ccccc1F)[C@@H]1CCCN1S(=O)(=O)c1ccc(Cl)cc1. The van der Waals surface area contributed by atoms with Crippen molar-refractivity contribution >= 4 is 27.6 Å². The van der Waals surface area contributed by atoms with E-state index in [2.05, 4.69) is 0 Å². The van der Waals surface area contributed by atoms with Crippen molar-refractivity contribution in [2.24, 2.45) is 0 Å². The van der Waals surface area contributed by atoms with Gasteiger partial charge in [-0.25, -0.2) is 12.8 Å². The lowest BCUT2D eigenvalue weighted by Gasteiger charge is -2.22. The average molecular weight is 398 g/mol. The van der Waals surface area contributed by atoms with Gasteiger partial charge in [-0.2, -0.15) is 4.31 Å². The van der Waals surface area contributed by atoms with Gasteiger partial charge in [-0.05, 0) is 43.2 Å². The van der Waals surface area contributed by atoms with Crippen LogP contribution in [-0.2, 0) is 26.2 Å². The summed E-state index contributed by atoms with van der Waals surface area (Å²) in [5.41, 5.74) is 0.242. The normalized spacial score (nSPS) is 18.0. The molecule has 138 valence electrons. The van der Waals surface area contributed by atoms with Crippen molar-refractivity contribution in [2.45, 2.75) is 30.4 Å². The molecule has 1 atom stereocenters. The molecule has 0 amide bonds. The molecule has 0 aliphatic carbocycles. The number of carbonyl (C=O) groups is 1. The van der Waals surface area contributed by atoms with E-state index in [4.69, 9.17) is 16.3 Å². The topological polar surface area (TPSA) is 63.7 Å². The zero-order valence-corrected chi connectivity index (χ0v) is 15.3. The Bertz CT molecular complexity index is 902. The summed E-state index contributed by atoms with van der Waals surface area (Å²) in [5, 5.41) is 0.422. The monoisotopic (exact) mass is 397 g/mol. The van der Waals surface area contributed by atoms with Gasteiger partial charge in [0.15, 0.2) is 0 Å². The van der Waals surface area contributed by atoms with E-state index < -0.39 is 27.9 Å². The fraction of sp³-hybridized carbons (Fsp3) is 0.278. The molecule has 1 aliphatic rings. The molecule has 5 nitrogen and oxygen atoms in total. The highest BCUT2D eigenvalue weighted by Gasteiger charge is 2.40. The molecule has 1 fully saturated rings. The zero-order chi connectivity index (χ0) is 18.7. The standard InChI is InChI=1S/C18H17ClFNO4S/c19-14-7-9-15(10-8-14)26(23,24)21-11-3-6-17(21)18(22)25-12-13-4-1-2-5-16(13)20/h1-2,4-5,7-10,17H,3,6,11-12H2/t17-/m0/s1. The molecule has 1 heterocycles. The van der Waals surface area contributed by atoms with Crippen molar-refractivity contribution in [3.8, 4) is 0 Å². The Morgan fingerprint density at radius 1 is 1.19 bits per heavy atom. The number of esters is 1. The van der Waals surface area contributed by atoms with E-state index in [0.29, 0.717) is 17.9 Å². The van der Waals surface area contributed by atoms with Crippen molar-refractivity contribution in [2.75, 3.05) is 6.54 Å². The fourth-order valence-electron chi connectivity index (χ4n) is 2.87. The summed E-state index contributed by atoms with van der Waals surface area (Å²) in [6, 6.07) is 10.8. The first-order valence-corrected chi connectivity index (χ1v) is 9.89. The first-order valence-electron chi connectivity index (χ1n) is 8.07. The second-order valence-corrected chi connectivity index (χ2v) is 8.25. The number of benzene rings is 2. The summed E-state index contributed by atoms with van der Waals surface area (Å²) in [4.78, 5) is 12.5. The van der Waals surface area contributed by atoms with Crippen molar-refractivity contribution in [1.82, 2.24) is 4.31 Å². The third kappa shape index (κ3) is 3.90.